The van der Waals surface area contributed by atoms with Gasteiger partial charge in [0, 0.05) is 5.02 Å². The maximum atomic E-state index is 10.2. The maximum absolute atomic E-state index is 10.2. The molecule has 4 rings (SSSR count). The maximum Gasteiger partial charge on any atom is 0.203 e. The summed E-state index contributed by atoms with van der Waals surface area (Å²) in [5.74, 6) is 0. The molecule has 0 bridgehead atoms. The highest BCUT2D eigenvalue weighted by molar-refractivity contribution is 6.31. The Balaban J connectivity index is 1.80. The molecular weight excluding hydrogens is 394 g/mol. The van der Waals surface area contributed by atoms with Crippen LogP contribution in [0.15, 0.2) is 66.7 Å². The standard InChI is InChI=1S/C25H26ClN3O/c1-17-3-7-19(8-4-17)13-22(16-30)29-23-12-11-21(26)14-24(23)28(25(29)27)15-20-9-5-18(2)6-10-20/h3-12,14,22,27,30H,13,15-16H2,1-2H3. The number of nitrogens with zero attached hydrogens (tertiary/aromatic N) is 2. The smallest absolute Gasteiger partial charge is 0.203 e. The number of aryl methyl sites for hydroxylation is 2. The predicted molar refractivity (Wildman–Crippen MR) is 122 cm³/mol. The van der Waals surface area contributed by atoms with E-state index in [1.165, 1.54) is 11.1 Å². The van der Waals surface area contributed by atoms with Crippen LogP contribution in [0.5, 0.6) is 0 Å². The van der Waals surface area contributed by atoms with Gasteiger partial charge in [-0.25, -0.2) is 0 Å². The summed E-state index contributed by atoms with van der Waals surface area (Å²) in [5.41, 5.74) is 6.84. The SMILES string of the molecule is Cc1ccc(CC(CO)n2c(=N)n(Cc3ccc(C)cc3)c3cc(Cl)ccc32)cc1. The fourth-order valence-corrected chi connectivity index (χ4v) is 4.08. The van der Waals surface area contributed by atoms with Crippen LogP contribution in [-0.4, -0.2) is 20.8 Å². The Labute approximate surface area is 181 Å². The van der Waals surface area contributed by atoms with Gasteiger partial charge in [0.2, 0.25) is 5.62 Å². The van der Waals surface area contributed by atoms with Crippen LogP contribution in [0.3, 0.4) is 0 Å². The van der Waals surface area contributed by atoms with Gasteiger partial charge in [0.05, 0.1) is 30.2 Å². The molecular formula is C25H26ClN3O. The minimum atomic E-state index is -0.233. The van der Waals surface area contributed by atoms with E-state index in [4.69, 9.17) is 17.0 Å². The van der Waals surface area contributed by atoms with Gasteiger partial charge in [-0.2, -0.15) is 0 Å². The molecule has 1 aromatic heterocycles. The van der Waals surface area contributed by atoms with Crippen molar-refractivity contribution in [3.63, 3.8) is 0 Å². The first-order chi connectivity index (χ1) is 14.5. The fraction of sp³-hybridized carbons (Fsp3) is 0.240. The Morgan fingerprint density at radius 2 is 1.47 bits per heavy atom. The lowest BCUT2D eigenvalue weighted by Crippen LogP contribution is -2.30. The zero-order valence-electron chi connectivity index (χ0n) is 17.3. The number of aliphatic hydroxyl groups excluding tert-OH is 1. The lowest BCUT2D eigenvalue weighted by molar-refractivity contribution is 0.225. The van der Waals surface area contributed by atoms with Crippen molar-refractivity contribution in [2.24, 2.45) is 0 Å². The Bertz CT molecular complexity index is 1220. The number of benzene rings is 3. The van der Waals surface area contributed by atoms with Crippen LogP contribution in [0, 0.1) is 19.3 Å². The van der Waals surface area contributed by atoms with Crippen molar-refractivity contribution in [3.8, 4) is 0 Å². The number of rotatable bonds is 6. The Hall–Kier alpha value is -2.82. The molecule has 2 N–H and O–H groups in total. The molecule has 0 aliphatic carbocycles. The number of hydrogen-bond acceptors (Lipinski definition) is 2. The van der Waals surface area contributed by atoms with Crippen molar-refractivity contribution in [3.05, 3.63) is 99.6 Å². The Kier molecular flexibility index (Phi) is 5.80. The summed E-state index contributed by atoms with van der Waals surface area (Å²) in [7, 11) is 0. The van der Waals surface area contributed by atoms with Crippen LogP contribution in [0.25, 0.3) is 11.0 Å². The number of imidazole rings is 1. The molecule has 0 radical (unpaired) electrons. The van der Waals surface area contributed by atoms with Crippen LogP contribution in [0.2, 0.25) is 5.02 Å². The summed E-state index contributed by atoms with van der Waals surface area (Å²) in [6.45, 7) is 4.66. The van der Waals surface area contributed by atoms with Gasteiger partial charge in [-0.1, -0.05) is 71.3 Å². The van der Waals surface area contributed by atoms with Crippen LogP contribution < -0.4 is 5.62 Å². The van der Waals surface area contributed by atoms with E-state index in [9.17, 15) is 5.11 Å². The van der Waals surface area contributed by atoms with E-state index >= 15 is 0 Å². The normalized spacial score (nSPS) is 12.4. The third-order valence-electron chi connectivity index (χ3n) is 5.60. The monoisotopic (exact) mass is 419 g/mol. The molecule has 0 aliphatic rings. The van der Waals surface area contributed by atoms with Crippen LogP contribution in [0.4, 0.5) is 0 Å². The topological polar surface area (TPSA) is 53.9 Å². The molecule has 0 aliphatic heterocycles. The summed E-state index contributed by atoms with van der Waals surface area (Å²) in [4.78, 5) is 0. The molecule has 1 unspecified atom stereocenters. The summed E-state index contributed by atoms with van der Waals surface area (Å²) in [5, 5.41) is 19.8. The molecule has 0 amide bonds. The van der Waals surface area contributed by atoms with Crippen molar-refractivity contribution >= 4 is 22.6 Å². The number of aromatic nitrogens is 2. The Morgan fingerprint density at radius 1 is 0.867 bits per heavy atom. The lowest BCUT2D eigenvalue weighted by Gasteiger charge is -2.17. The average molecular weight is 420 g/mol. The van der Waals surface area contributed by atoms with Crippen LogP contribution >= 0.6 is 11.6 Å². The van der Waals surface area contributed by atoms with E-state index in [-0.39, 0.29) is 12.6 Å². The number of fused-ring (bicyclic) bond motifs is 1. The van der Waals surface area contributed by atoms with Gasteiger partial charge in [-0.3, -0.25) is 5.41 Å². The van der Waals surface area contributed by atoms with Gasteiger partial charge in [0.15, 0.2) is 0 Å². The summed E-state index contributed by atoms with van der Waals surface area (Å²) < 4.78 is 3.89. The molecule has 0 saturated heterocycles. The average Bonchev–Trinajstić information content (AvgIpc) is 3.00. The third kappa shape index (κ3) is 4.07. The summed E-state index contributed by atoms with van der Waals surface area (Å²) in [6, 6.07) is 22.1. The molecule has 4 aromatic rings. The number of halogens is 1. The van der Waals surface area contributed by atoms with E-state index in [0.717, 1.165) is 22.2 Å². The van der Waals surface area contributed by atoms with Crippen molar-refractivity contribution in [2.75, 3.05) is 6.61 Å². The first-order valence-electron chi connectivity index (χ1n) is 10.1. The third-order valence-corrected chi connectivity index (χ3v) is 5.84. The number of aliphatic hydroxyl groups is 1. The zero-order valence-corrected chi connectivity index (χ0v) is 18.0. The zero-order chi connectivity index (χ0) is 21.3. The van der Waals surface area contributed by atoms with E-state index in [2.05, 4.69) is 62.4 Å². The fourth-order valence-electron chi connectivity index (χ4n) is 3.91. The molecule has 1 atom stereocenters. The quantitative estimate of drug-likeness (QED) is 0.453. The van der Waals surface area contributed by atoms with Crippen LogP contribution in [0.1, 0.15) is 28.3 Å². The van der Waals surface area contributed by atoms with Crippen LogP contribution in [-0.2, 0) is 13.0 Å². The second-order valence-corrected chi connectivity index (χ2v) is 8.36. The van der Waals surface area contributed by atoms with Crippen molar-refractivity contribution in [2.45, 2.75) is 32.9 Å². The molecule has 154 valence electrons. The first-order valence-corrected chi connectivity index (χ1v) is 10.5. The molecule has 0 spiro atoms. The van der Waals surface area contributed by atoms with E-state index < -0.39 is 0 Å². The predicted octanol–water partition coefficient (Wildman–Crippen LogP) is 5.02. The summed E-state index contributed by atoms with van der Waals surface area (Å²) in [6.07, 6.45) is 0.652. The second kappa shape index (κ2) is 8.50. The minimum Gasteiger partial charge on any atom is -0.394 e. The van der Waals surface area contributed by atoms with Crippen molar-refractivity contribution < 1.29 is 5.11 Å². The molecule has 30 heavy (non-hydrogen) atoms. The number of hydrogen-bond donors (Lipinski definition) is 2. The van der Waals surface area contributed by atoms with E-state index in [1.54, 1.807) is 0 Å². The minimum absolute atomic E-state index is 0.0449. The summed E-state index contributed by atoms with van der Waals surface area (Å²) >= 11 is 6.30. The van der Waals surface area contributed by atoms with Gasteiger partial charge in [0.1, 0.15) is 0 Å². The molecule has 1 heterocycles. The molecule has 5 heteroatoms. The highest BCUT2D eigenvalue weighted by Gasteiger charge is 2.19. The largest absolute Gasteiger partial charge is 0.394 e. The van der Waals surface area contributed by atoms with Crippen molar-refractivity contribution in [1.82, 2.24) is 9.13 Å². The van der Waals surface area contributed by atoms with Gasteiger partial charge in [0.25, 0.3) is 0 Å². The van der Waals surface area contributed by atoms with Gasteiger partial charge in [-0.05, 0) is 49.6 Å². The molecule has 4 nitrogen and oxygen atoms in total. The van der Waals surface area contributed by atoms with E-state index in [0.29, 0.717) is 23.6 Å². The van der Waals surface area contributed by atoms with Gasteiger partial charge >= 0.3 is 0 Å². The molecule has 0 saturated carbocycles. The first kappa shape index (κ1) is 20.5. The molecule has 3 aromatic carbocycles. The second-order valence-electron chi connectivity index (χ2n) is 7.92. The van der Waals surface area contributed by atoms with E-state index in [1.807, 2.05) is 27.3 Å². The van der Waals surface area contributed by atoms with Crippen molar-refractivity contribution in [1.29, 1.82) is 5.41 Å². The van der Waals surface area contributed by atoms with Gasteiger partial charge in [-0.15, -0.1) is 0 Å². The van der Waals surface area contributed by atoms with Gasteiger partial charge < -0.3 is 14.2 Å². The number of nitrogens with one attached hydrogen (secondary N) is 1. The Morgan fingerprint density at radius 3 is 2.07 bits per heavy atom. The highest BCUT2D eigenvalue weighted by Crippen LogP contribution is 2.24. The molecule has 0 fully saturated rings. The highest BCUT2D eigenvalue weighted by atomic mass is 35.5. The lowest BCUT2D eigenvalue weighted by atomic mass is 10.0.